The van der Waals surface area contributed by atoms with E-state index in [9.17, 15) is 41.9 Å². The second-order valence-corrected chi connectivity index (χ2v) is 15.8. The number of piperidine rings is 1. The molecule has 6 amide bonds. The Morgan fingerprint density at radius 2 is 1.65 bits per heavy atom. The maximum Gasteiger partial charge on any atom is 0.437 e. The lowest BCUT2D eigenvalue weighted by Crippen LogP contribution is -2.54. The van der Waals surface area contributed by atoms with Crippen LogP contribution in [-0.4, -0.2) is 98.9 Å². The number of hydrogen-bond donors (Lipinski definition) is 6. The molecule has 8 rings (SSSR count). The Morgan fingerprint density at radius 1 is 0.862 bits per heavy atom. The number of oxazole rings is 1. The van der Waals surface area contributed by atoms with E-state index in [2.05, 4.69) is 47.0 Å². The first-order valence-electron chi connectivity index (χ1n) is 21.2. The Bertz CT molecular complexity index is 2620. The second kappa shape index (κ2) is 19.1. The van der Waals surface area contributed by atoms with E-state index >= 15 is 0 Å². The third kappa shape index (κ3) is 10.4. The molecule has 21 heteroatoms. The van der Waals surface area contributed by atoms with Gasteiger partial charge in [0.1, 0.15) is 18.1 Å². The molecule has 65 heavy (non-hydrogen) atoms. The highest BCUT2D eigenvalue weighted by molar-refractivity contribution is 6.25. The molecular weight excluding hydrogens is 852 g/mol. The molecule has 2 fully saturated rings. The minimum absolute atomic E-state index is 0.0404. The number of alkyl halides is 3. The van der Waals surface area contributed by atoms with Gasteiger partial charge in [-0.15, -0.1) is 0 Å². The average Bonchev–Trinajstić information content (AvgIpc) is 3.68. The zero-order valence-corrected chi connectivity index (χ0v) is 34.8. The molecule has 0 spiro atoms. The summed E-state index contributed by atoms with van der Waals surface area (Å²) in [5.41, 5.74) is -0.219. The molecule has 2 aromatic carbocycles. The van der Waals surface area contributed by atoms with Crippen LogP contribution in [0.15, 0.2) is 77.7 Å². The fraction of sp³-hybridized carbons (Fsp3) is 0.341. The van der Waals surface area contributed by atoms with Gasteiger partial charge in [0, 0.05) is 49.1 Å². The highest BCUT2D eigenvalue weighted by Crippen LogP contribution is 2.36. The van der Waals surface area contributed by atoms with Crippen molar-refractivity contribution in [1.29, 1.82) is 0 Å². The van der Waals surface area contributed by atoms with Crippen molar-refractivity contribution in [1.82, 2.24) is 40.6 Å². The van der Waals surface area contributed by atoms with E-state index in [0.29, 0.717) is 55.6 Å². The monoisotopic (exact) mass is 895 g/mol. The number of carbonyl (C=O) groups excluding carboxylic acids is 6. The molecule has 2 aliphatic heterocycles. The van der Waals surface area contributed by atoms with Gasteiger partial charge in [-0.2, -0.15) is 18.3 Å². The van der Waals surface area contributed by atoms with Crippen molar-refractivity contribution in [2.24, 2.45) is 5.92 Å². The number of imide groups is 2. The smallest absolute Gasteiger partial charge is 0.437 e. The van der Waals surface area contributed by atoms with Crippen LogP contribution in [-0.2, 0) is 15.8 Å². The third-order valence-corrected chi connectivity index (χ3v) is 11.0. The molecule has 1 saturated heterocycles. The SMILES string of the molecule is O=C1CCC(N2C(=O)c3cccc(NCCCCNCCCNC(=O)c4ccc(-n5cc(NC(=O)c6coc(-c7ccnc(NCC8CC8)c7)n6)c(C(F)(F)F)n5)cc4)c3C2=O)C(=O)N1. The summed E-state index contributed by atoms with van der Waals surface area (Å²) in [6.07, 6.45) is 3.34. The van der Waals surface area contributed by atoms with Gasteiger partial charge in [0.25, 0.3) is 23.6 Å². The number of halogens is 3. The molecule has 6 N–H and O–H groups in total. The number of hydrogen-bond acceptors (Lipinski definition) is 13. The molecule has 5 heterocycles. The van der Waals surface area contributed by atoms with Crippen LogP contribution >= 0.6 is 0 Å². The summed E-state index contributed by atoms with van der Waals surface area (Å²) in [6.45, 7) is 2.97. The van der Waals surface area contributed by atoms with Crippen molar-refractivity contribution in [2.45, 2.75) is 57.2 Å². The van der Waals surface area contributed by atoms with Gasteiger partial charge in [0.15, 0.2) is 11.4 Å². The average molecular weight is 896 g/mol. The lowest BCUT2D eigenvalue weighted by Gasteiger charge is -2.27. The van der Waals surface area contributed by atoms with Crippen LogP contribution in [0.25, 0.3) is 17.1 Å². The summed E-state index contributed by atoms with van der Waals surface area (Å²) in [4.78, 5) is 85.5. The largest absolute Gasteiger partial charge is 0.444 e. The first kappa shape index (κ1) is 44.2. The molecule has 1 saturated carbocycles. The number of pyridine rings is 1. The zero-order chi connectivity index (χ0) is 45.7. The molecule has 18 nitrogen and oxygen atoms in total. The van der Waals surface area contributed by atoms with Crippen LogP contribution in [0.2, 0.25) is 0 Å². The molecule has 5 aromatic rings. The highest BCUT2D eigenvalue weighted by Gasteiger charge is 2.45. The summed E-state index contributed by atoms with van der Waals surface area (Å²) in [6, 6.07) is 13.0. The maximum absolute atomic E-state index is 14.1. The highest BCUT2D eigenvalue weighted by atomic mass is 19.4. The van der Waals surface area contributed by atoms with Crippen molar-refractivity contribution in [3.8, 4) is 17.1 Å². The molecule has 338 valence electrons. The van der Waals surface area contributed by atoms with E-state index in [4.69, 9.17) is 4.42 Å². The zero-order valence-electron chi connectivity index (χ0n) is 34.8. The van der Waals surface area contributed by atoms with Gasteiger partial charge in [-0.05, 0) is 106 Å². The number of nitrogens with zero attached hydrogens (tertiary/aromatic N) is 5. The topological polar surface area (TPSA) is 235 Å². The number of nitrogens with one attached hydrogen (secondary N) is 6. The van der Waals surface area contributed by atoms with Gasteiger partial charge < -0.3 is 31.0 Å². The summed E-state index contributed by atoms with van der Waals surface area (Å²) in [5.74, 6) is -2.23. The predicted molar refractivity (Wildman–Crippen MR) is 228 cm³/mol. The van der Waals surface area contributed by atoms with Crippen LogP contribution in [0.5, 0.6) is 0 Å². The third-order valence-electron chi connectivity index (χ3n) is 11.0. The Hall–Kier alpha value is -7.42. The maximum atomic E-state index is 14.1. The molecule has 3 aliphatic rings. The standard InChI is InChI=1S/C44H44F3N11O7/c45-44(46,47)37-31(53-39(61)32-24-65-41(54-32)27-15-20-50-34(21-27)52-22-25-7-8-25)23-57(56-37)28-11-9-26(10-12-28)38(60)51-19-4-17-48-16-1-2-18-49-30-6-3-5-29-36(30)43(64)58(42(29)63)33-13-14-35(59)55-40(33)62/h3,5-6,9-12,15,20-21,23-25,33,48-49H,1-2,4,7-8,13-14,16-19,22H2,(H,50,52)(H,51,60)(H,53,61)(H,55,59,62). The van der Waals surface area contributed by atoms with Crippen molar-refractivity contribution in [3.05, 3.63) is 101 Å². The minimum atomic E-state index is -4.91. The van der Waals surface area contributed by atoms with Gasteiger partial charge in [-0.1, -0.05) is 6.07 Å². The Morgan fingerprint density at radius 3 is 2.42 bits per heavy atom. The first-order valence-corrected chi connectivity index (χ1v) is 21.2. The number of anilines is 3. The lowest BCUT2D eigenvalue weighted by molar-refractivity contribution is -0.140. The molecule has 0 radical (unpaired) electrons. The van der Waals surface area contributed by atoms with Gasteiger partial charge in [-0.3, -0.25) is 39.0 Å². The summed E-state index contributed by atoms with van der Waals surface area (Å²) < 4.78 is 48.6. The fourth-order valence-corrected chi connectivity index (χ4v) is 7.40. The molecule has 1 aliphatic carbocycles. The normalized spacial score (nSPS) is 16.0. The van der Waals surface area contributed by atoms with Crippen LogP contribution < -0.4 is 31.9 Å². The van der Waals surface area contributed by atoms with Crippen molar-refractivity contribution in [2.75, 3.05) is 48.7 Å². The molecule has 1 atom stereocenters. The summed E-state index contributed by atoms with van der Waals surface area (Å²) in [7, 11) is 0. The van der Waals surface area contributed by atoms with Crippen molar-refractivity contribution >= 4 is 52.6 Å². The Labute approximate surface area is 369 Å². The first-order chi connectivity index (χ1) is 31.3. The van der Waals surface area contributed by atoms with Gasteiger partial charge in [-0.25, -0.2) is 14.6 Å². The van der Waals surface area contributed by atoms with Crippen LogP contribution in [0, 0.1) is 5.92 Å². The van der Waals surface area contributed by atoms with E-state index in [1.54, 1.807) is 36.5 Å². The van der Waals surface area contributed by atoms with Crippen molar-refractivity contribution in [3.63, 3.8) is 0 Å². The number of rotatable bonds is 19. The van der Waals surface area contributed by atoms with E-state index in [-0.39, 0.29) is 52.7 Å². The molecule has 3 aromatic heterocycles. The van der Waals surface area contributed by atoms with E-state index in [0.717, 1.165) is 54.3 Å². The lowest BCUT2D eigenvalue weighted by atomic mass is 10.0. The molecule has 1 unspecified atom stereocenters. The molecule has 0 bridgehead atoms. The van der Waals surface area contributed by atoms with Gasteiger partial charge >= 0.3 is 6.18 Å². The van der Waals surface area contributed by atoms with E-state index in [1.807, 2.05) is 0 Å². The summed E-state index contributed by atoms with van der Waals surface area (Å²) in [5, 5.41) is 20.7. The van der Waals surface area contributed by atoms with Gasteiger partial charge in [0.2, 0.25) is 17.7 Å². The van der Waals surface area contributed by atoms with E-state index in [1.165, 1.54) is 24.3 Å². The van der Waals surface area contributed by atoms with Crippen LogP contribution in [0.1, 0.15) is 92.2 Å². The quantitative estimate of drug-likeness (QED) is 0.0473. The Balaban J connectivity index is 0.754. The second-order valence-electron chi connectivity index (χ2n) is 15.8. The fourth-order valence-electron chi connectivity index (χ4n) is 7.40. The number of unbranched alkanes of at least 4 members (excludes halogenated alkanes) is 1. The number of carbonyl (C=O) groups is 6. The van der Waals surface area contributed by atoms with Crippen LogP contribution in [0.3, 0.4) is 0 Å². The van der Waals surface area contributed by atoms with Crippen LogP contribution in [0.4, 0.5) is 30.4 Å². The minimum Gasteiger partial charge on any atom is -0.444 e. The Kier molecular flexibility index (Phi) is 13.0. The predicted octanol–water partition coefficient (Wildman–Crippen LogP) is 5.02. The molecular formula is C44H44F3N11O7. The number of benzene rings is 2. The van der Waals surface area contributed by atoms with Crippen molar-refractivity contribution < 1.29 is 46.4 Å². The number of fused-ring (bicyclic) bond motifs is 1. The summed E-state index contributed by atoms with van der Waals surface area (Å²) >= 11 is 0. The number of amides is 6. The van der Waals surface area contributed by atoms with E-state index < -0.39 is 53.1 Å². The number of aromatic nitrogens is 4. The van der Waals surface area contributed by atoms with Gasteiger partial charge in [0.05, 0.1) is 28.7 Å².